The zero-order valence-corrected chi connectivity index (χ0v) is 78.6. The second-order valence-corrected chi connectivity index (χ2v) is 38.6. The first-order chi connectivity index (χ1) is 67.0. The van der Waals surface area contributed by atoms with Gasteiger partial charge >= 0.3 is 11.2 Å². The van der Waals surface area contributed by atoms with Crippen LogP contribution in [0.1, 0.15) is 164 Å². The molecule has 6 aliphatic rings. The van der Waals surface area contributed by atoms with Gasteiger partial charge in [0, 0.05) is 109 Å². The van der Waals surface area contributed by atoms with Gasteiger partial charge in [0.1, 0.15) is 20.2 Å². The molecular formula is C113H94N8O16S2. The molecule has 6 heterocycles. The number of nitrogens with zero attached hydrogens (tertiary/aromatic N) is 8. The van der Waals surface area contributed by atoms with E-state index in [2.05, 4.69) is 43.9 Å². The fourth-order valence-electron chi connectivity index (χ4n) is 21.0. The fourth-order valence-corrected chi connectivity index (χ4v) is 22.4. The highest BCUT2D eigenvalue weighted by atomic mass is 32.2. The van der Waals surface area contributed by atoms with Gasteiger partial charge in [0.05, 0.1) is 111 Å². The summed E-state index contributed by atoms with van der Waals surface area (Å²) in [6.07, 6.45) is 6.89. The van der Waals surface area contributed by atoms with Crippen molar-refractivity contribution in [2.75, 3.05) is 72.0 Å². The van der Waals surface area contributed by atoms with Crippen LogP contribution >= 0.6 is 0 Å². The molecule has 26 heteroatoms. The lowest BCUT2D eigenvalue weighted by Crippen LogP contribution is -2.34. The summed E-state index contributed by atoms with van der Waals surface area (Å²) in [7, 11) is -10.2. The first-order valence-corrected chi connectivity index (χ1v) is 49.0. The van der Waals surface area contributed by atoms with Gasteiger partial charge in [-0.1, -0.05) is 146 Å². The third kappa shape index (κ3) is 16.8. The Morgan fingerprint density at radius 1 is 0.324 bits per heavy atom. The van der Waals surface area contributed by atoms with Crippen molar-refractivity contribution in [1.82, 2.24) is 19.6 Å². The third-order valence-corrected chi connectivity index (χ3v) is 28.9. The number of aryl methyl sites for hydroxylation is 6. The molecule has 694 valence electrons. The Kier molecular flexibility index (Phi) is 24.0. The normalized spacial score (nSPS) is 14.8. The van der Waals surface area contributed by atoms with Crippen LogP contribution in [0.4, 0.5) is 39.8 Å². The smallest absolute Gasteiger partial charge is 0.363 e. The van der Waals surface area contributed by atoms with E-state index < -0.39 is 47.9 Å². The Bertz CT molecular complexity index is 7740. The molecule has 0 radical (unpaired) electrons. The molecule has 20 rings (SSSR count). The third-order valence-electron chi connectivity index (χ3n) is 27.1. The van der Waals surface area contributed by atoms with E-state index in [1.807, 2.05) is 163 Å². The molecule has 1 aromatic heterocycles. The average Bonchev–Trinajstić information content (AvgIpc) is 1.48. The molecule has 0 spiro atoms. The molecule has 1 unspecified atom stereocenters. The number of allylic oxidation sites excluding steroid dienone is 1. The molecule has 0 saturated heterocycles. The number of ether oxygens (including phenoxy) is 1. The Morgan fingerprint density at radius 2 is 0.655 bits per heavy atom. The van der Waals surface area contributed by atoms with Crippen LogP contribution in [-0.2, 0) is 26.7 Å². The zero-order valence-electron chi connectivity index (χ0n) is 76.9. The Hall–Kier alpha value is -15.9. The first kappa shape index (κ1) is 90.9. The number of hydrogen-bond donors (Lipinski definition) is 0. The number of amides is 8. The number of carbonyl (C=O) groups excluding carboxylic acids is 8. The highest BCUT2D eigenvalue weighted by Gasteiger charge is 2.42. The summed E-state index contributed by atoms with van der Waals surface area (Å²) < 4.78 is 93.5. The standard InChI is InChI=1S/C113H94N8O16S2/c1-68-27-22-28-69(2)103(68)115(52-24-56-119-108(124)83-33-12-13-34-84(83)109(119)125)78-44-48-90-96(65-78)137-98-67-80(46-50-92(98)102(90)94-40-19-21-42-100(94)139(133,134)135)117(54-26-58-121-112(128)87-37-16-17-38-88(87)113(121)129)105-72(5)61-75(62-73(105)6)63-74-59-70(3)104(71(4)60-74)116(53-25-57-120-110(126)85-35-14-15-36-86(85)111(120)127)79-45-49-91-97(66-79)136-95-64-77(43-47-89(95)101(91)93-39-18-20-41-99(93)138(130,131)132)114(76-29-8-7-9-30-76)51-23-55-118-106(122)81-31-10-11-32-82(81)107(118)123/h7-22,27-50,59-62,64-67,95H,23-26,51-58,63H2,1-6H3,(H-,130,131,132,133,134,135). The Balaban J connectivity index is 0.653. The van der Waals surface area contributed by atoms with E-state index in [0.29, 0.717) is 157 Å². The summed E-state index contributed by atoms with van der Waals surface area (Å²) in [5.74, 6) is -2.52. The maximum atomic E-state index is 14.1. The number of aromatic hydroxyl groups is 1. The monoisotopic (exact) mass is 1880 g/mol. The van der Waals surface area contributed by atoms with Crippen molar-refractivity contribution in [2.24, 2.45) is 0 Å². The first-order valence-electron chi connectivity index (χ1n) is 46.2. The number of hydrogen-bond acceptors (Lipinski definition) is 18. The van der Waals surface area contributed by atoms with E-state index in [4.69, 9.17) is 9.15 Å². The summed E-state index contributed by atoms with van der Waals surface area (Å²) in [5.41, 5.74) is 19.3. The van der Waals surface area contributed by atoms with Gasteiger partial charge in [0.15, 0.2) is 0 Å². The summed E-state index contributed by atoms with van der Waals surface area (Å²) in [6, 6.07) is 80.6. The van der Waals surface area contributed by atoms with E-state index in [0.717, 1.165) is 73.0 Å². The molecule has 0 saturated carbocycles. The number of anilines is 7. The quantitative estimate of drug-likeness (QED) is 0.0175. The van der Waals surface area contributed by atoms with Gasteiger partial charge in [0.25, 0.3) is 53.0 Å². The van der Waals surface area contributed by atoms with Crippen molar-refractivity contribution < 1.29 is 73.5 Å². The van der Waals surface area contributed by atoms with Crippen LogP contribution in [0.5, 0.6) is 5.75 Å². The van der Waals surface area contributed by atoms with Gasteiger partial charge in [-0.2, -0.15) is 0 Å². The summed E-state index contributed by atoms with van der Waals surface area (Å²) in [6.45, 7) is 13.8. The lowest BCUT2D eigenvalue weighted by atomic mass is 9.85. The highest BCUT2D eigenvalue weighted by molar-refractivity contribution is 7.86. The van der Waals surface area contributed by atoms with Gasteiger partial charge in [0.2, 0.25) is 6.10 Å². The van der Waals surface area contributed by atoms with E-state index in [9.17, 15) is 64.3 Å². The van der Waals surface area contributed by atoms with Gasteiger partial charge in [-0.15, -0.1) is 0 Å². The van der Waals surface area contributed by atoms with E-state index in [-0.39, 0.29) is 85.8 Å². The fraction of sp³-hybridized carbons (Fsp3) is 0.177. The van der Waals surface area contributed by atoms with Crippen molar-refractivity contribution in [3.8, 4) is 16.9 Å². The van der Waals surface area contributed by atoms with Gasteiger partial charge in [-0.3, -0.25) is 58.0 Å². The summed E-state index contributed by atoms with van der Waals surface area (Å²) in [5, 5.41) is 0.984. The lowest BCUT2D eigenvalue weighted by Gasteiger charge is -2.34. The van der Waals surface area contributed by atoms with Gasteiger partial charge < -0.3 is 33.4 Å². The molecule has 13 aromatic carbocycles. The van der Waals surface area contributed by atoms with Gasteiger partial charge in [-0.05, 0) is 240 Å². The molecular weight excluding hydrogens is 1790 g/mol. The number of carbonyl (C=O) groups is 8. The van der Waals surface area contributed by atoms with Crippen molar-refractivity contribution in [1.29, 1.82) is 0 Å². The van der Waals surface area contributed by atoms with Crippen LogP contribution in [-0.4, -0.2) is 156 Å². The largest absolute Gasteiger partial charge is 0.744 e. The molecule has 1 aliphatic carbocycles. The van der Waals surface area contributed by atoms with Crippen LogP contribution in [0.15, 0.2) is 317 Å². The summed E-state index contributed by atoms with van der Waals surface area (Å²) >= 11 is 0. The van der Waals surface area contributed by atoms with E-state index in [1.165, 1.54) is 43.9 Å². The van der Waals surface area contributed by atoms with Crippen LogP contribution in [0.2, 0.25) is 0 Å². The molecule has 14 aromatic rings. The van der Waals surface area contributed by atoms with Crippen LogP contribution in [0, 0.1) is 41.5 Å². The summed E-state index contributed by atoms with van der Waals surface area (Å²) in [4.78, 5) is 124. The molecule has 139 heavy (non-hydrogen) atoms. The van der Waals surface area contributed by atoms with Crippen molar-refractivity contribution in [3.63, 3.8) is 0 Å². The number of rotatable bonds is 30. The maximum absolute atomic E-state index is 14.1. The number of imide groups is 4. The minimum absolute atomic E-state index is 0.0671. The molecule has 0 fully saturated rings. The van der Waals surface area contributed by atoms with Crippen molar-refractivity contribution >= 4 is 135 Å². The molecule has 24 nitrogen and oxygen atoms in total. The molecule has 8 amide bonds. The number of aliphatic hydroxyl groups is 1. The zero-order chi connectivity index (χ0) is 96.7. The number of para-hydroxylation sites is 2. The molecule has 1 atom stereocenters. The topological polar surface area (TPSA) is 301 Å². The molecule has 1 N–H and O–H groups in total. The SMILES string of the molecule is Cc1cccc(C)c1N(CCCN1C(=O)c2ccccc2C1=O)c1ccc2c(-c3ccccc3S(=O)(=O)[O-])c3ccc(N(CCCN4C(=O)c5ccccc5C4=O)c4c(C)cc(Cc5cc(C)c(N(CCCN6C(=O)c7ccccc7C6=O)c6ccc7c(c6)[OH+]C6C=C(N(CCCN8C(=O)c9ccccc9C8=O)c8ccccc8)C=CC6=C7c6ccccc6S(=O)(=O)[O-])c(C)c5)cc4C)cc3[o+]c2c1. The van der Waals surface area contributed by atoms with Gasteiger partial charge in [-0.25, -0.2) is 21.3 Å². The highest BCUT2D eigenvalue weighted by Crippen LogP contribution is 2.50. The van der Waals surface area contributed by atoms with Crippen LogP contribution in [0.3, 0.4) is 0 Å². The predicted octanol–water partition coefficient (Wildman–Crippen LogP) is 20.3. The average molecular weight is 1880 g/mol. The minimum atomic E-state index is -5.09. The number of benzene rings is 13. The second-order valence-electron chi connectivity index (χ2n) is 35.9. The Labute approximate surface area is 803 Å². The second kappa shape index (κ2) is 36.6. The molecule has 5 aliphatic heterocycles. The number of fused-ring (bicyclic) bond motifs is 8. The van der Waals surface area contributed by atoms with Crippen molar-refractivity contribution in [2.45, 2.75) is 89.5 Å². The van der Waals surface area contributed by atoms with Crippen LogP contribution in [0.25, 0.3) is 38.6 Å². The minimum Gasteiger partial charge on any atom is -0.744 e. The van der Waals surface area contributed by atoms with E-state index >= 15 is 0 Å². The molecule has 0 bridgehead atoms. The van der Waals surface area contributed by atoms with Crippen molar-refractivity contribution in [3.05, 3.63) is 403 Å². The Morgan fingerprint density at radius 3 is 1.04 bits per heavy atom. The maximum Gasteiger partial charge on any atom is 0.363 e. The lowest BCUT2D eigenvalue weighted by molar-refractivity contribution is 0.0376. The van der Waals surface area contributed by atoms with E-state index in [1.54, 1.807) is 121 Å². The van der Waals surface area contributed by atoms with Crippen LogP contribution < -0.4 is 19.6 Å². The predicted molar refractivity (Wildman–Crippen MR) is 532 cm³/mol.